The molecule has 0 saturated carbocycles. The summed E-state index contributed by atoms with van der Waals surface area (Å²) in [6.07, 6.45) is 1.38. The van der Waals surface area contributed by atoms with E-state index in [9.17, 15) is 19.2 Å². The second-order valence-electron chi connectivity index (χ2n) is 7.75. The van der Waals surface area contributed by atoms with Crippen molar-refractivity contribution in [3.8, 4) is 11.5 Å². The zero-order valence-corrected chi connectivity index (χ0v) is 19.3. The molecule has 0 aliphatic carbocycles. The first-order valence-electron chi connectivity index (χ1n) is 10.7. The van der Waals surface area contributed by atoms with Crippen molar-refractivity contribution >= 4 is 41.4 Å². The Morgan fingerprint density at radius 1 is 0.944 bits per heavy atom. The third-order valence-electron chi connectivity index (χ3n) is 5.50. The Balaban J connectivity index is 1.38. The van der Waals surface area contributed by atoms with Gasteiger partial charge in [-0.15, -0.1) is 0 Å². The fraction of sp³-hybridized carbons (Fsp3) is 0.0769. The Morgan fingerprint density at radius 3 is 2.33 bits per heavy atom. The van der Waals surface area contributed by atoms with Gasteiger partial charge in [0.1, 0.15) is 5.70 Å². The van der Waals surface area contributed by atoms with Gasteiger partial charge in [0.2, 0.25) is 6.79 Å². The highest BCUT2D eigenvalue weighted by molar-refractivity contribution is 6.34. The first-order valence-corrected chi connectivity index (χ1v) is 11.1. The van der Waals surface area contributed by atoms with E-state index in [2.05, 4.69) is 5.32 Å². The summed E-state index contributed by atoms with van der Waals surface area (Å²) in [5, 5.41) is 2.70. The van der Waals surface area contributed by atoms with Gasteiger partial charge in [0.25, 0.3) is 17.7 Å². The van der Waals surface area contributed by atoms with Crippen molar-refractivity contribution < 1.29 is 33.4 Å². The van der Waals surface area contributed by atoms with E-state index in [0.717, 1.165) is 4.90 Å². The lowest BCUT2D eigenvalue weighted by Gasteiger charge is -2.16. The number of imide groups is 1. The summed E-state index contributed by atoms with van der Waals surface area (Å²) in [6.45, 7) is -0.563. The van der Waals surface area contributed by atoms with Crippen LogP contribution in [0, 0.1) is 0 Å². The van der Waals surface area contributed by atoms with Crippen LogP contribution >= 0.6 is 11.6 Å². The predicted octanol–water partition coefficient (Wildman–Crippen LogP) is 3.64. The molecule has 5 rings (SSSR count). The van der Waals surface area contributed by atoms with E-state index in [4.69, 9.17) is 25.8 Å². The average Bonchev–Trinajstić information content (AvgIpc) is 3.45. The minimum Gasteiger partial charge on any atom is -0.454 e. The minimum atomic E-state index is -0.968. The number of nitrogens with one attached hydrogen (secondary N) is 1. The second-order valence-corrected chi connectivity index (χ2v) is 8.16. The van der Waals surface area contributed by atoms with Gasteiger partial charge in [-0.25, -0.2) is 9.69 Å². The quantitative estimate of drug-likeness (QED) is 0.310. The van der Waals surface area contributed by atoms with Crippen LogP contribution in [0.5, 0.6) is 11.5 Å². The lowest BCUT2D eigenvalue weighted by molar-refractivity contribution is -0.141. The van der Waals surface area contributed by atoms with Crippen molar-refractivity contribution in [1.82, 2.24) is 10.2 Å². The smallest absolute Gasteiger partial charge is 0.356 e. The Kier molecular flexibility index (Phi) is 6.14. The first kappa shape index (κ1) is 23.1. The second kappa shape index (κ2) is 9.55. The molecule has 3 aromatic carbocycles. The Morgan fingerprint density at radius 2 is 1.61 bits per heavy atom. The number of halogens is 1. The van der Waals surface area contributed by atoms with E-state index in [1.54, 1.807) is 42.5 Å². The predicted molar refractivity (Wildman–Crippen MR) is 127 cm³/mol. The van der Waals surface area contributed by atoms with E-state index in [1.807, 2.05) is 0 Å². The Labute approximate surface area is 209 Å². The van der Waals surface area contributed by atoms with Crippen molar-refractivity contribution in [2.24, 2.45) is 0 Å². The summed E-state index contributed by atoms with van der Waals surface area (Å²) >= 11 is 6.12. The summed E-state index contributed by atoms with van der Waals surface area (Å²) < 4.78 is 15.9. The molecule has 0 atom stereocenters. The molecular formula is C26H17ClN2O7. The molecule has 3 aromatic rings. The summed E-state index contributed by atoms with van der Waals surface area (Å²) in [6, 6.07) is 17.6. The topological polar surface area (TPSA) is 111 Å². The largest absolute Gasteiger partial charge is 0.454 e. The monoisotopic (exact) mass is 504 g/mol. The fourth-order valence-corrected chi connectivity index (χ4v) is 3.93. The molecular weight excluding hydrogens is 488 g/mol. The lowest BCUT2D eigenvalue weighted by atomic mass is 10.1. The van der Waals surface area contributed by atoms with E-state index >= 15 is 0 Å². The van der Waals surface area contributed by atoms with Crippen molar-refractivity contribution in [3.63, 3.8) is 0 Å². The molecule has 10 heteroatoms. The van der Waals surface area contributed by atoms with Crippen LogP contribution in [0.25, 0.3) is 6.08 Å². The van der Waals surface area contributed by atoms with Crippen molar-refractivity contribution in [2.45, 2.75) is 0 Å². The SMILES string of the molecule is O=C(OCN1C(=O)c2ccccc2C1=O)/C(=C/c1ccc2c(c1)OCO2)NC(=O)c1ccccc1Cl. The van der Waals surface area contributed by atoms with Gasteiger partial charge in [-0.3, -0.25) is 14.4 Å². The molecule has 0 saturated heterocycles. The van der Waals surface area contributed by atoms with Gasteiger partial charge in [-0.1, -0.05) is 41.9 Å². The van der Waals surface area contributed by atoms with Gasteiger partial charge < -0.3 is 19.5 Å². The molecule has 0 fully saturated rings. The summed E-state index contributed by atoms with van der Waals surface area (Å²) in [4.78, 5) is 51.9. The van der Waals surface area contributed by atoms with Crippen LogP contribution < -0.4 is 14.8 Å². The number of fused-ring (bicyclic) bond motifs is 2. The average molecular weight is 505 g/mol. The van der Waals surface area contributed by atoms with E-state index in [-0.39, 0.29) is 34.2 Å². The third kappa shape index (κ3) is 4.39. The van der Waals surface area contributed by atoms with Crippen LogP contribution in [0.4, 0.5) is 0 Å². The van der Waals surface area contributed by atoms with Gasteiger partial charge in [-0.05, 0) is 48.0 Å². The molecule has 180 valence electrons. The fourth-order valence-electron chi connectivity index (χ4n) is 3.71. The van der Waals surface area contributed by atoms with Gasteiger partial charge in [0, 0.05) is 0 Å². The van der Waals surface area contributed by atoms with Crippen LogP contribution in [-0.4, -0.2) is 42.1 Å². The molecule has 36 heavy (non-hydrogen) atoms. The van der Waals surface area contributed by atoms with Gasteiger partial charge >= 0.3 is 5.97 Å². The molecule has 3 amide bonds. The van der Waals surface area contributed by atoms with Crippen molar-refractivity contribution in [1.29, 1.82) is 0 Å². The zero-order valence-electron chi connectivity index (χ0n) is 18.5. The number of ether oxygens (including phenoxy) is 3. The molecule has 2 heterocycles. The van der Waals surface area contributed by atoms with Gasteiger partial charge in [0.05, 0.1) is 21.7 Å². The van der Waals surface area contributed by atoms with Crippen molar-refractivity contribution in [2.75, 3.05) is 13.5 Å². The summed E-state index contributed by atoms with van der Waals surface area (Å²) in [7, 11) is 0. The normalized spacial score (nSPS) is 14.0. The number of rotatable bonds is 6. The maximum absolute atomic E-state index is 13.0. The number of carbonyl (C=O) groups excluding carboxylic acids is 4. The maximum Gasteiger partial charge on any atom is 0.356 e. The molecule has 0 bridgehead atoms. The number of amides is 3. The van der Waals surface area contributed by atoms with E-state index in [1.165, 1.54) is 30.3 Å². The molecule has 2 aliphatic heterocycles. The molecule has 2 aliphatic rings. The molecule has 0 radical (unpaired) electrons. The van der Waals surface area contributed by atoms with E-state index in [0.29, 0.717) is 17.1 Å². The number of hydrogen-bond donors (Lipinski definition) is 1. The molecule has 0 aromatic heterocycles. The lowest BCUT2D eigenvalue weighted by Crippen LogP contribution is -2.35. The third-order valence-corrected chi connectivity index (χ3v) is 5.83. The molecule has 1 N–H and O–H groups in total. The maximum atomic E-state index is 13.0. The molecule has 0 spiro atoms. The number of hydrogen-bond acceptors (Lipinski definition) is 7. The number of nitrogens with zero attached hydrogens (tertiary/aromatic N) is 1. The summed E-state index contributed by atoms with van der Waals surface area (Å²) in [5.41, 5.74) is 0.856. The van der Waals surface area contributed by atoms with Crippen LogP contribution in [-0.2, 0) is 9.53 Å². The minimum absolute atomic E-state index is 0.0704. The Bertz CT molecular complexity index is 1410. The van der Waals surface area contributed by atoms with Crippen LogP contribution in [0.2, 0.25) is 5.02 Å². The molecule has 9 nitrogen and oxygen atoms in total. The highest BCUT2D eigenvalue weighted by Gasteiger charge is 2.36. The Hall–Kier alpha value is -4.63. The number of benzene rings is 3. The van der Waals surface area contributed by atoms with Gasteiger partial charge in [0.15, 0.2) is 18.2 Å². The van der Waals surface area contributed by atoms with Gasteiger partial charge in [-0.2, -0.15) is 0 Å². The number of carbonyl (C=O) groups is 4. The first-order chi connectivity index (χ1) is 17.4. The molecule has 0 unspecified atom stereocenters. The van der Waals surface area contributed by atoms with Crippen LogP contribution in [0.3, 0.4) is 0 Å². The number of esters is 1. The highest BCUT2D eigenvalue weighted by atomic mass is 35.5. The standard InChI is InChI=1S/C26H17ClN2O7/c27-19-8-4-3-7-18(19)23(30)28-20(11-15-9-10-21-22(12-15)36-14-35-21)26(33)34-13-29-24(31)16-5-1-2-6-17(16)25(29)32/h1-12H,13-14H2,(H,28,30)/b20-11-. The van der Waals surface area contributed by atoms with Crippen LogP contribution in [0.1, 0.15) is 36.6 Å². The summed E-state index contributed by atoms with van der Waals surface area (Å²) in [5.74, 6) is -1.76. The van der Waals surface area contributed by atoms with Crippen molar-refractivity contribution in [3.05, 3.63) is 99.7 Å². The highest BCUT2D eigenvalue weighted by Crippen LogP contribution is 2.33. The van der Waals surface area contributed by atoms with E-state index < -0.39 is 30.4 Å². The zero-order chi connectivity index (χ0) is 25.2. The van der Waals surface area contributed by atoms with Crippen LogP contribution in [0.15, 0.2) is 72.4 Å².